The normalized spacial score (nSPS) is 19.5. The smallest absolute Gasteiger partial charge is 0.239 e. The van der Waals surface area contributed by atoms with Crippen molar-refractivity contribution in [2.45, 2.75) is 19.4 Å². The van der Waals surface area contributed by atoms with Crippen molar-refractivity contribution in [1.82, 2.24) is 0 Å². The molecular formula is C32H31N2O5S2+. The molecule has 7 nitrogen and oxygen atoms in total. The number of terminal acetylenes is 2. The van der Waals surface area contributed by atoms with Crippen LogP contribution in [0.25, 0.3) is 0 Å². The summed E-state index contributed by atoms with van der Waals surface area (Å²) >= 11 is 2.67. The Labute approximate surface area is 248 Å². The van der Waals surface area contributed by atoms with Gasteiger partial charge in [0.1, 0.15) is 25.7 Å². The lowest BCUT2D eigenvalue weighted by Crippen LogP contribution is -2.26. The van der Waals surface area contributed by atoms with E-state index in [0.717, 1.165) is 15.6 Å². The Morgan fingerprint density at radius 2 is 1.68 bits per heavy atom. The predicted molar refractivity (Wildman–Crippen MR) is 163 cm³/mol. The van der Waals surface area contributed by atoms with E-state index in [1.54, 1.807) is 12.1 Å². The molecule has 0 saturated heterocycles. The second-order valence-electron chi connectivity index (χ2n) is 9.18. The van der Waals surface area contributed by atoms with Crippen LogP contribution in [0.2, 0.25) is 0 Å². The van der Waals surface area contributed by atoms with Crippen LogP contribution < -0.4 is 4.90 Å². The topological polar surface area (TPSA) is 75.9 Å². The number of Topliss-reactive ketones (excluding diaryl/α,β-unsaturated/α-hetero) is 3. The van der Waals surface area contributed by atoms with Crippen LogP contribution in [0.15, 0.2) is 65.1 Å². The van der Waals surface area contributed by atoms with Gasteiger partial charge in [0, 0.05) is 34.5 Å². The summed E-state index contributed by atoms with van der Waals surface area (Å²) in [5.41, 5.74) is 1.07. The number of allylic oxidation sites excluding steroid dienone is 2. The van der Waals surface area contributed by atoms with Gasteiger partial charge < -0.3 is 14.4 Å². The Kier molecular flexibility index (Phi) is 10.9. The molecule has 0 amide bonds. The van der Waals surface area contributed by atoms with Crippen LogP contribution in [-0.2, 0) is 30.4 Å². The Bertz CT molecular complexity index is 1470. The van der Waals surface area contributed by atoms with Gasteiger partial charge in [-0.2, -0.15) is 0 Å². The third-order valence-electron chi connectivity index (χ3n) is 6.56. The lowest BCUT2D eigenvalue weighted by atomic mass is 10.0. The van der Waals surface area contributed by atoms with Crippen LogP contribution in [0.3, 0.4) is 0 Å². The third-order valence-corrected chi connectivity index (χ3v) is 8.93. The first kappa shape index (κ1) is 30.2. The Morgan fingerprint density at radius 3 is 2.39 bits per heavy atom. The van der Waals surface area contributed by atoms with E-state index >= 15 is 0 Å². The summed E-state index contributed by atoms with van der Waals surface area (Å²) in [6.45, 7) is 5.87. The highest BCUT2D eigenvalue weighted by molar-refractivity contribution is 8.18. The highest BCUT2D eigenvalue weighted by Gasteiger charge is 2.48. The molecule has 0 N–H and O–H groups in total. The number of hydrogen-bond donors (Lipinski definition) is 0. The van der Waals surface area contributed by atoms with E-state index in [-0.39, 0.29) is 18.8 Å². The molecule has 41 heavy (non-hydrogen) atoms. The molecule has 1 unspecified atom stereocenters. The number of nitrogens with zero attached hydrogens (tertiary/aromatic N) is 2. The molecule has 4 rings (SSSR count). The largest absolute Gasteiger partial charge is 0.367 e. The summed E-state index contributed by atoms with van der Waals surface area (Å²) in [6.07, 6.45) is 14.2. The van der Waals surface area contributed by atoms with E-state index in [1.807, 2.05) is 49.4 Å². The van der Waals surface area contributed by atoms with Crippen molar-refractivity contribution in [3.8, 4) is 24.7 Å². The van der Waals surface area contributed by atoms with E-state index < -0.39 is 23.3 Å². The minimum Gasteiger partial charge on any atom is -0.367 e. The number of thioether (sulfide) groups is 1. The molecule has 2 aromatic rings. The highest BCUT2D eigenvalue weighted by Crippen LogP contribution is 2.41. The Balaban J connectivity index is 1.55. The van der Waals surface area contributed by atoms with Gasteiger partial charge in [0.05, 0.1) is 17.2 Å². The van der Waals surface area contributed by atoms with Crippen molar-refractivity contribution >= 4 is 50.5 Å². The molecule has 2 heterocycles. The maximum Gasteiger partial charge on any atom is 0.239 e. The number of anilines is 1. The summed E-state index contributed by atoms with van der Waals surface area (Å²) in [5, 5.41) is 1.76. The molecule has 0 spiro atoms. The van der Waals surface area contributed by atoms with Gasteiger partial charge in [0.2, 0.25) is 16.6 Å². The number of hydrogen-bond acceptors (Lipinski definition) is 8. The maximum atomic E-state index is 13.6. The monoisotopic (exact) mass is 587 g/mol. The SMILES string of the molecule is C#CCOCCN(CC)c1ccc(C2C(=O)C(=O)/C(=C3/C=CC(=[N+](CCOCC#C)Cc4ccccc4)S3)C2=O)s1. The number of likely N-dealkylation sites (N-methyl/N-ethyl adjacent to an activating group) is 1. The van der Waals surface area contributed by atoms with Crippen molar-refractivity contribution in [1.29, 1.82) is 0 Å². The number of carbonyl (C=O) groups excluding carboxylic acids is 3. The van der Waals surface area contributed by atoms with Crippen molar-refractivity contribution in [3.05, 3.63) is 75.5 Å². The third kappa shape index (κ3) is 7.32. The number of ether oxygens (including phenoxy) is 2. The van der Waals surface area contributed by atoms with Crippen molar-refractivity contribution in [3.63, 3.8) is 0 Å². The molecule has 1 atom stereocenters. The molecule has 1 aliphatic heterocycles. The van der Waals surface area contributed by atoms with Gasteiger partial charge >= 0.3 is 0 Å². The summed E-state index contributed by atoms with van der Waals surface area (Å²) < 4.78 is 13.0. The first-order valence-corrected chi connectivity index (χ1v) is 14.9. The minimum absolute atomic E-state index is 0.0375. The van der Waals surface area contributed by atoms with Gasteiger partial charge in [-0.05, 0) is 36.9 Å². The predicted octanol–water partition coefficient (Wildman–Crippen LogP) is 3.85. The zero-order valence-corrected chi connectivity index (χ0v) is 24.5. The molecule has 1 aromatic heterocycles. The lowest BCUT2D eigenvalue weighted by molar-refractivity contribution is -0.543. The number of thiophene rings is 1. The van der Waals surface area contributed by atoms with Crippen molar-refractivity contribution in [2.75, 3.05) is 51.0 Å². The first-order valence-electron chi connectivity index (χ1n) is 13.2. The number of rotatable bonds is 13. The van der Waals surface area contributed by atoms with Gasteiger partial charge in [-0.25, -0.2) is 4.58 Å². The van der Waals surface area contributed by atoms with Crippen LogP contribution in [0, 0.1) is 24.7 Å². The van der Waals surface area contributed by atoms with Gasteiger partial charge in [-0.3, -0.25) is 14.4 Å². The Morgan fingerprint density at radius 1 is 0.951 bits per heavy atom. The highest BCUT2D eigenvalue weighted by atomic mass is 32.2. The molecule has 1 aliphatic carbocycles. The molecule has 0 bridgehead atoms. The summed E-state index contributed by atoms with van der Waals surface area (Å²) in [5.74, 6) is 1.93. The number of ketones is 3. The molecule has 1 saturated carbocycles. The van der Waals surface area contributed by atoms with Gasteiger partial charge in [0.25, 0.3) is 0 Å². The Hall–Kier alpha value is -3.73. The van der Waals surface area contributed by atoms with Gasteiger partial charge in [-0.1, -0.05) is 42.2 Å². The quantitative estimate of drug-likeness (QED) is 0.0671. The van der Waals surface area contributed by atoms with E-state index in [1.165, 1.54) is 23.1 Å². The molecule has 9 heteroatoms. The van der Waals surface area contributed by atoms with Crippen molar-refractivity contribution in [2.24, 2.45) is 0 Å². The molecule has 1 fully saturated rings. The van der Waals surface area contributed by atoms with E-state index in [4.69, 9.17) is 22.3 Å². The fourth-order valence-corrected chi connectivity index (χ4v) is 6.80. The summed E-state index contributed by atoms with van der Waals surface area (Å²) in [4.78, 5) is 42.9. The zero-order valence-electron chi connectivity index (χ0n) is 22.8. The molecule has 2 aliphatic rings. The second-order valence-corrected chi connectivity index (χ2v) is 11.3. The van der Waals surface area contributed by atoms with Crippen LogP contribution >= 0.6 is 23.1 Å². The minimum atomic E-state index is -1.12. The van der Waals surface area contributed by atoms with E-state index in [0.29, 0.717) is 49.2 Å². The van der Waals surface area contributed by atoms with Crippen LogP contribution in [0.5, 0.6) is 0 Å². The fraction of sp³-hybridized carbons (Fsp3) is 0.312. The zero-order chi connectivity index (χ0) is 29.2. The van der Waals surface area contributed by atoms with Crippen molar-refractivity contribution < 1.29 is 28.4 Å². The fourth-order valence-electron chi connectivity index (χ4n) is 4.53. The van der Waals surface area contributed by atoms with Gasteiger partial charge in [-0.15, -0.1) is 24.2 Å². The van der Waals surface area contributed by atoms with Crippen LogP contribution in [-0.4, -0.2) is 73.0 Å². The average Bonchev–Trinajstić information content (AvgIpc) is 3.70. The molecular weight excluding hydrogens is 556 g/mol. The van der Waals surface area contributed by atoms with E-state index in [2.05, 4.69) is 21.3 Å². The van der Waals surface area contributed by atoms with Crippen LogP contribution in [0.1, 0.15) is 23.3 Å². The molecule has 210 valence electrons. The molecule has 0 radical (unpaired) electrons. The summed E-state index contributed by atoms with van der Waals surface area (Å²) in [7, 11) is 0. The average molecular weight is 588 g/mol. The summed E-state index contributed by atoms with van der Waals surface area (Å²) in [6, 6.07) is 13.6. The number of carbonyl (C=O) groups is 3. The first-order chi connectivity index (χ1) is 20.0. The standard InChI is InChI=1S/C32H31N2O5S2/c1-4-18-38-20-16-33(6-3)26-14-12-24(40-26)28-30(35)29(32(37)31(28)36)25-13-15-27(41-25)34(17-21-39-19-5-2)22-23-10-8-7-9-11-23/h1-2,7-15,28H,6,16-22H2,3H3/q+1/b29-25-,34-27?. The molecule has 1 aromatic carbocycles. The van der Waals surface area contributed by atoms with E-state index in [9.17, 15) is 14.4 Å². The second kappa shape index (κ2) is 14.8. The van der Waals surface area contributed by atoms with Crippen LogP contribution in [0.4, 0.5) is 5.00 Å². The lowest BCUT2D eigenvalue weighted by Gasteiger charge is -2.20. The maximum absolute atomic E-state index is 13.6. The van der Waals surface area contributed by atoms with Gasteiger partial charge in [0.15, 0.2) is 18.9 Å². The number of benzene rings is 1.